The van der Waals surface area contributed by atoms with E-state index in [1.54, 1.807) is 24.3 Å². The van der Waals surface area contributed by atoms with Crippen LogP contribution in [-0.2, 0) is 4.79 Å². The molecule has 1 aliphatic heterocycles. The summed E-state index contributed by atoms with van der Waals surface area (Å²) in [4.78, 5) is 36.5. The number of urea groups is 2. The molecule has 24 heavy (non-hydrogen) atoms. The Balaban J connectivity index is 1.57. The predicted molar refractivity (Wildman–Crippen MR) is 89.5 cm³/mol. The number of rotatable bonds is 3. The van der Waals surface area contributed by atoms with Gasteiger partial charge in [0.05, 0.1) is 0 Å². The van der Waals surface area contributed by atoms with E-state index in [9.17, 15) is 14.4 Å². The SMILES string of the molecule is CN1C(=O)NC(c2ccc(NC(=O)NC3CCCCC3)cc2)C1=O. The van der Waals surface area contributed by atoms with Crippen molar-refractivity contribution in [1.29, 1.82) is 0 Å². The Morgan fingerprint density at radius 3 is 2.38 bits per heavy atom. The number of hydrogen-bond donors (Lipinski definition) is 3. The second-order valence-electron chi connectivity index (χ2n) is 6.34. The van der Waals surface area contributed by atoms with Crippen LogP contribution in [0.2, 0.25) is 0 Å². The third kappa shape index (κ3) is 3.50. The van der Waals surface area contributed by atoms with Crippen molar-refractivity contribution in [2.24, 2.45) is 0 Å². The normalized spacial score (nSPS) is 21.5. The highest BCUT2D eigenvalue weighted by Gasteiger charge is 2.36. The minimum absolute atomic E-state index is 0.209. The van der Waals surface area contributed by atoms with Crippen molar-refractivity contribution in [2.75, 3.05) is 12.4 Å². The molecule has 1 heterocycles. The number of amides is 5. The molecule has 2 fully saturated rings. The highest BCUT2D eigenvalue weighted by atomic mass is 16.2. The zero-order valence-corrected chi connectivity index (χ0v) is 13.7. The van der Waals surface area contributed by atoms with Gasteiger partial charge in [-0.2, -0.15) is 0 Å². The predicted octanol–water partition coefficient (Wildman–Crippen LogP) is 2.36. The fraction of sp³-hybridized carbons (Fsp3) is 0.471. The molecule has 1 aromatic carbocycles. The Bertz CT molecular complexity index is 638. The Kier molecular flexibility index (Phi) is 4.69. The molecule has 7 heteroatoms. The number of carbonyl (C=O) groups is 3. The van der Waals surface area contributed by atoms with Crippen molar-refractivity contribution in [3.63, 3.8) is 0 Å². The number of likely N-dealkylation sites (N-methyl/N-ethyl adjacent to an activating group) is 1. The van der Waals surface area contributed by atoms with Gasteiger partial charge in [0.1, 0.15) is 6.04 Å². The number of hydrogen-bond acceptors (Lipinski definition) is 3. The summed E-state index contributed by atoms with van der Waals surface area (Å²) in [6.45, 7) is 0. The number of nitrogens with one attached hydrogen (secondary N) is 3. The first kappa shape index (κ1) is 16.3. The average Bonchev–Trinajstić information content (AvgIpc) is 2.84. The van der Waals surface area contributed by atoms with Crippen LogP contribution in [0.5, 0.6) is 0 Å². The van der Waals surface area contributed by atoms with Crippen LogP contribution < -0.4 is 16.0 Å². The molecule has 3 rings (SSSR count). The van der Waals surface area contributed by atoms with Crippen molar-refractivity contribution in [3.05, 3.63) is 29.8 Å². The molecule has 1 aromatic rings. The van der Waals surface area contributed by atoms with Gasteiger partial charge in [-0.1, -0.05) is 31.4 Å². The van der Waals surface area contributed by atoms with Crippen LogP contribution >= 0.6 is 0 Å². The smallest absolute Gasteiger partial charge is 0.324 e. The fourth-order valence-electron chi connectivity index (χ4n) is 3.16. The van der Waals surface area contributed by atoms with E-state index < -0.39 is 12.1 Å². The Labute approximate surface area is 140 Å². The van der Waals surface area contributed by atoms with E-state index >= 15 is 0 Å². The van der Waals surface area contributed by atoms with Crippen LogP contribution in [0.1, 0.15) is 43.7 Å². The maximum atomic E-state index is 12.0. The molecule has 5 amide bonds. The third-order valence-corrected chi connectivity index (χ3v) is 4.59. The molecule has 0 radical (unpaired) electrons. The largest absolute Gasteiger partial charge is 0.335 e. The highest BCUT2D eigenvalue weighted by molar-refractivity contribution is 6.04. The molecule has 0 bridgehead atoms. The second-order valence-corrected chi connectivity index (χ2v) is 6.34. The van der Waals surface area contributed by atoms with E-state index in [0.29, 0.717) is 11.3 Å². The molecule has 1 unspecified atom stereocenters. The van der Waals surface area contributed by atoms with Crippen LogP contribution in [0.4, 0.5) is 15.3 Å². The maximum absolute atomic E-state index is 12.0. The number of imide groups is 1. The number of nitrogens with zero attached hydrogens (tertiary/aromatic N) is 1. The van der Waals surface area contributed by atoms with E-state index in [1.807, 2.05) is 0 Å². The summed E-state index contributed by atoms with van der Waals surface area (Å²) >= 11 is 0. The fourth-order valence-corrected chi connectivity index (χ4v) is 3.16. The molecule has 1 atom stereocenters. The molecule has 128 valence electrons. The van der Waals surface area contributed by atoms with Crippen LogP contribution in [0.25, 0.3) is 0 Å². The van der Waals surface area contributed by atoms with E-state index in [1.165, 1.54) is 13.5 Å². The van der Waals surface area contributed by atoms with Crippen LogP contribution in [-0.4, -0.2) is 36.0 Å². The quantitative estimate of drug-likeness (QED) is 0.743. The van der Waals surface area contributed by atoms with Crippen molar-refractivity contribution >= 4 is 23.7 Å². The van der Waals surface area contributed by atoms with Gasteiger partial charge in [0.2, 0.25) is 0 Å². The Morgan fingerprint density at radius 2 is 1.79 bits per heavy atom. The summed E-state index contributed by atoms with van der Waals surface area (Å²) in [6.07, 6.45) is 5.63. The van der Waals surface area contributed by atoms with Gasteiger partial charge in [0.25, 0.3) is 5.91 Å². The van der Waals surface area contributed by atoms with Crippen molar-refractivity contribution in [2.45, 2.75) is 44.2 Å². The van der Waals surface area contributed by atoms with Gasteiger partial charge in [-0.3, -0.25) is 9.69 Å². The molecule has 1 saturated carbocycles. The maximum Gasteiger partial charge on any atom is 0.324 e. The lowest BCUT2D eigenvalue weighted by Crippen LogP contribution is -2.39. The first-order valence-electron chi connectivity index (χ1n) is 8.30. The summed E-state index contributed by atoms with van der Waals surface area (Å²) in [7, 11) is 1.45. The van der Waals surface area contributed by atoms with Crippen LogP contribution in [0.15, 0.2) is 24.3 Å². The zero-order chi connectivity index (χ0) is 17.1. The van der Waals surface area contributed by atoms with Gasteiger partial charge >= 0.3 is 12.1 Å². The molecule has 1 saturated heterocycles. The summed E-state index contributed by atoms with van der Waals surface area (Å²) < 4.78 is 0. The molecule has 2 aliphatic rings. The number of benzene rings is 1. The van der Waals surface area contributed by atoms with E-state index in [0.717, 1.165) is 30.6 Å². The van der Waals surface area contributed by atoms with Gasteiger partial charge in [0, 0.05) is 18.8 Å². The summed E-state index contributed by atoms with van der Waals surface area (Å²) in [5.41, 5.74) is 1.34. The average molecular weight is 330 g/mol. The van der Waals surface area contributed by atoms with Crippen LogP contribution in [0.3, 0.4) is 0 Å². The first-order valence-corrected chi connectivity index (χ1v) is 8.30. The summed E-state index contributed by atoms with van der Waals surface area (Å²) in [6, 6.07) is 5.91. The first-order chi connectivity index (χ1) is 11.5. The summed E-state index contributed by atoms with van der Waals surface area (Å²) in [5.74, 6) is -0.282. The Morgan fingerprint density at radius 1 is 1.12 bits per heavy atom. The van der Waals surface area contributed by atoms with Crippen molar-refractivity contribution in [1.82, 2.24) is 15.5 Å². The van der Waals surface area contributed by atoms with Gasteiger partial charge < -0.3 is 16.0 Å². The standard InChI is InChI=1S/C17H22N4O3/c1-21-15(22)14(20-17(21)24)11-7-9-13(10-8-11)19-16(23)18-12-5-3-2-4-6-12/h7-10,12,14H,2-6H2,1H3,(H,20,24)(H2,18,19,23). The molecular weight excluding hydrogens is 308 g/mol. The lowest BCUT2D eigenvalue weighted by molar-refractivity contribution is -0.126. The minimum atomic E-state index is -0.660. The molecule has 0 aromatic heterocycles. The minimum Gasteiger partial charge on any atom is -0.335 e. The van der Waals surface area contributed by atoms with Gasteiger partial charge in [-0.25, -0.2) is 9.59 Å². The third-order valence-electron chi connectivity index (χ3n) is 4.59. The van der Waals surface area contributed by atoms with Crippen LogP contribution in [0, 0.1) is 0 Å². The van der Waals surface area contributed by atoms with Crippen molar-refractivity contribution < 1.29 is 14.4 Å². The van der Waals surface area contributed by atoms with Gasteiger partial charge in [-0.15, -0.1) is 0 Å². The second kappa shape index (κ2) is 6.90. The molecule has 1 aliphatic carbocycles. The molecule has 3 N–H and O–H groups in total. The Hall–Kier alpha value is -2.57. The lowest BCUT2D eigenvalue weighted by atomic mass is 9.96. The zero-order valence-electron chi connectivity index (χ0n) is 13.7. The monoisotopic (exact) mass is 330 g/mol. The topological polar surface area (TPSA) is 90.5 Å². The molecule has 0 spiro atoms. The van der Waals surface area contributed by atoms with Gasteiger partial charge in [-0.05, 0) is 30.5 Å². The van der Waals surface area contributed by atoms with E-state index in [2.05, 4.69) is 16.0 Å². The summed E-state index contributed by atoms with van der Waals surface area (Å²) in [5, 5.41) is 8.41. The van der Waals surface area contributed by atoms with E-state index in [4.69, 9.17) is 0 Å². The highest BCUT2D eigenvalue weighted by Crippen LogP contribution is 2.22. The lowest BCUT2D eigenvalue weighted by Gasteiger charge is -2.22. The molecular formula is C17H22N4O3. The van der Waals surface area contributed by atoms with E-state index in [-0.39, 0.29) is 18.0 Å². The van der Waals surface area contributed by atoms with Gasteiger partial charge in [0.15, 0.2) is 0 Å². The molecule has 7 nitrogen and oxygen atoms in total. The number of carbonyl (C=O) groups excluding carboxylic acids is 3. The van der Waals surface area contributed by atoms with Crippen molar-refractivity contribution in [3.8, 4) is 0 Å². The number of anilines is 1.